The van der Waals surface area contributed by atoms with Crippen LogP contribution in [0.2, 0.25) is 0 Å². The molecule has 0 atom stereocenters. The average Bonchev–Trinajstić information content (AvgIpc) is 2.29. The summed E-state index contributed by atoms with van der Waals surface area (Å²) in [6.45, 7) is 2.15. The molecule has 0 heterocycles. The van der Waals surface area contributed by atoms with Crippen molar-refractivity contribution < 1.29 is 4.39 Å². The van der Waals surface area contributed by atoms with Crippen LogP contribution in [0.15, 0.2) is 42.5 Å². The van der Waals surface area contributed by atoms with Crippen LogP contribution >= 0.6 is 0 Å². The molecule has 0 aromatic heterocycles. The van der Waals surface area contributed by atoms with E-state index >= 15 is 0 Å². The second-order valence-corrected chi connectivity index (χ2v) is 4.18. The van der Waals surface area contributed by atoms with Gasteiger partial charge < -0.3 is 5.73 Å². The summed E-state index contributed by atoms with van der Waals surface area (Å²) in [5.41, 5.74) is 9.55. The van der Waals surface area contributed by atoms with E-state index in [-0.39, 0.29) is 5.82 Å². The van der Waals surface area contributed by atoms with Crippen LogP contribution < -0.4 is 5.73 Å². The lowest BCUT2D eigenvalue weighted by molar-refractivity contribution is 0.628. The number of aryl methyl sites for hydroxylation is 1. The Balaban J connectivity index is 2.42. The van der Waals surface area contributed by atoms with Gasteiger partial charge >= 0.3 is 0 Å². The lowest BCUT2D eigenvalue weighted by Gasteiger charge is -2.07. The van der Waals surface area contributed by atoms with E-state index < -0.39 is 0 Å². The van der Waals surface area contributed by atoms with E-state index in [0.717, 1.165) is 24.0 Å². The highest BCUT2D eigenvalue weighted by atomic mass is 19.1. The predicted molar refractivity (Wildman–Crippen MR) is 70.2 cm³/mol. The summed E-state index contributed by atoms with van der Waals surface area (Å²) in [6, 6.07) is 12.8. The van der Waals surface area contributed by atoms with Crippen molar-refractivity contribution in [2.45, 2.75) is 19.8 Å². The van der Waals surface area contributed by atoms with Crippen LogP contribution in [0.1, 0.15) is 18.9 Å². The predicted octanol–water partition coefficient (Wildman–Crippen LogP) is 4.03. The minimum atomic E-state index is -0.295. The molecule has 2 aromatic rings. The van der Waals surface area contributed by atoms with Crippen molar-refractivity contribution in [3.8, 4) is 11.1 Å². The molecule has 0 fully saturated rings. The van der Waals surface area contributed by atoms with Crippen LogP contribution in [0.3, 0.4) is 0 Å². The van der Waals surface area contributed by atoms with E-state index in [2.05, 4.69) is 19.1 Å². The van der Waals surface area contributed by atoms with Crippen molar-refractivity contribution >= 4 is 5.69 Å². The van der Waals surface area contributed by atoms with E-state index in [1.54, 1.807) is 6.07 Å². The van der Waals surface area contributed by atoms with Crippen molar-refractivity contribution in [3.05, 3.63) is 53.8 Å². The van der Waals surface area contributed by atoms with Crippen LogP contribution in [0.4, 0.5) is 10.1 Å². The molecule has 17 heavy (non-hydrogen) atoms. The second kappa shape index (κ2) is 5.00. The zero-order valence-corrected chi connectivity index (χ0v) is 9.91. The van der Waals surface area contributed by atoms with Crippen LogP contribution in [0, 0.1) is 5.82 Å². The van der Waals surface area contributed by atoms with Gasteiger partial charge in [-0.25, -0.2) is 4.39 Å². The van der Waals surface area contributed by atoms with Gasteiger partial charge in [-0.1, -0.05) is 37.6 Å². The molecule has 1 nitrogen and oxygen atoms in total. The summed E-state index contributed by atoms with van der Waals surface area (Å²) in [6.07, 6.45) is 2.16. The molecule has 2 heteroatoms. The van der Waals surface area contributed by atoms with Gasteiger partial charge in [-0.2, -0.15) is 0 Å². The molecule has 2 N–H and O–H groups in total. The summed E-state index contributed by atoms with van der Waals surface area (Å²) < 4.78 is 13.0. The number of benzene rings is 2. The van der Waals surface area contributed by atoms with Crippen molar-refractivity contribution in [1.29, 1.82) is 0 Å². The molecule has 88 valence electrons. The summed E-state index contributed by atoms with van der Waals surface area (Å²) in [7, 11) is 0. The number of anilines is 1. The Morgan fingerprint density at radius 2 is 1.94 bits per heavy atom. The fraction of sp³-hybridized carbons (Fsp3) is 0.200. The number of hydrogen-bond donors (Lipinski definition) is 1. The molecule has 0 unspecified atom stereocenters. The lowest BCUT2D eigenvalue weighted by Crippen LogP contribution is -1.92. The summed E-state index contributed by atoms with van der Waals surface area (Å²) in [5, 5.41) is 0. The van der Waals surface area contributed by atoms with Gasteiger partial charge in [0, 0.05) is 11.3 Å². The number of hydrogen-bond acceptors (Lipinski definition) is 1. The Kier molecular flexibility index (Phi) is 3.43. The van der Waals surface area contributed by atoms with E-state index in [1.807, 2.05) is 12.1 Å². The lowest BCUT2D eigenvalue weighted by atomic mass is 10.00. The fourth-order valence-electron chi connectivity index (χ4n) is 1.98. The third-order valence-corrected chi connectivity index (χ3v) is 2.79. The summed E-state index contributed by atoms with van der Waals surface area (Å²) in [5.74, 6) is -0.295. The molecule has 2 rings (SSSR count). The fourth-order valence-corrected chi connectivity index (χ4v) is 1.98. The molecule has 0 amide bonds. The van der Waals surface area contributed by atoms with Gasteiger partial charge in [0.05, 0.1) is 0 Å². The molecule has 0 spiro atoms. The van der Waals surface area contributed by atoms with E-state index in [0.29, 0.717) is 5.69 Å². The summed E-state index contributed by atoms with van der Waals surface area (Å²) >= 11 is 0. The van der Waals surface area contributed by atoms with Crippen LogP contribution in [0.25, 0.3) is 11.1 Å². The Morgan fingerprint density at radius 3 is 2.65 bits per heavy atom. The number of nitrogen functional groups attached to an aromatic ring is 1. The molecule has 0 aliphatic heterocycles. The second-order valence-electron chi connectivity index (χ2n) is 4.18. The Bertz CT molecular complexity index is 520. The number of halogens is 1. The van der Waals surface area contributed by atoms with Crippen molar-refractivity contribution in [2.75, 3.05) is 5.73 Å². The van der Waals surface area contributed by atoms with Gasteiger partial charge in [0.25, 0.3) is 0 Å². The van der Waals surface area contributed by atoms with Gasteiger partial charge in [-0.3, -0.25) is 0 Å². The normalized spacial score (nSPS) is 10.5. The first-order valence-corrected chi connectivity index (χ1v) is 5.85. The smallest absolute Gasteiger partial charge is 0.125 e. The Hall–Kier alpha value is -1.83. The average molecular weight is 229 g/mol. The molecule has 0 saturated carbocycles. The highest BCUT2D eigenvalue weighted by molar-refractivity contribution is 5.76. The van der Waals surface area contributed by atoms with Gasteiger partial charge in [-0.15, -0.1) is 0 Å². The highest BCUT2D eigenvalue weighted by Crippen LogP contribution is 2.27. The van der Waals surface area contributed by atoms with E-state index in [9.17, 15) is 4.39 Å². The molecule has 0 aliphatic carbocycles. The molecule has 0 aliphatic rings. The topological polar surface area (TPSA) is 26.0 Å². The monoisotopic (exact) mass is 229 g/mol. The first-order valence-electron chi connectivity index (χ1n) is 5.85. The molecular formula is C15H16FN. The minimum absolute atomic E-state index is 0.295. The zero-order chi connectivity index (χ0) is 12.3. The van der Waals surface area contributed by atoms with Crippen LogP contribution in [-0.4, -0.2) is 0 Å². The SMILES string of the molecule is CCCc1cccc(-c2ccc(F)cc2N)c1. The Labute approximate surface area is 101 Å². The first kappa shape index (κ1) is 11.6. The van der Waals surface area contributed by atoms with Gasteiger partial charge in [0.2, 0.25) is 0 Å². The highest BCUT2D eigenvalue weighted by Gasteiger charge is 2.04. The van der Waals surface area contributed by atoms with Crippen molar-refractivity contribution in [1.82, 2.24) is 0 Å². The third kappa shape index (κ3) is 2.64. The molecule has 0 saturated heterocycles. The maximum atomic E-state index is 13.0. The minimum Gasteiger partial charge on any atom is -0.398 e. The molecular weight excluding hydrogens is 213 g/mol. The maximum Gasteiger partial charge on any atom is 0.125 e. The largest absolute Gasteiger partial charge is 0.398 e. The van der Waals surface area contributed by atoms with E-state index in [4.69, 9.17) is 5.73 Å². The van der Waals surface area contributed by atoms with E-state index in [1.165, 1.54) is 17.7 Å². The van der Waals surface area contributed by atoms with Crippen molar-refractivity contribution in [3.63, 3.8) is 0 Å². The molecule has 2 aromatic carbocycles. The van der Waals surface area contributed by atoms with Crippen molar-refractivity contribution in [2.24, 2.45) is 0 Å². The van der Waals surface area contributed by atoms with Crippen LogP contribution in [0.5, 0.6) is 0 Å². The molecule has 0 bridgehead atoms. The van der Waals surface area contributed by atoms with Gasteiger partial charge in [-0.05, 0) is 35.7 Å². The molecule has 0 radical (unpaired) electrons. The van der Waals surface area contributed by atoms with Gasteiger partial charge in [0.15, 0.2) is 0 Å². The van der Waals surface area contributed by atoms with Crippen LogP contribution in [-0.2, 0) is 6.42 Å². The maximum absolute atomic E-state index is 13.0. The Morgan fingerprint density at radius 1 is 1.12 bits per heavy atom. The zero-order valence-electron chi connectivity index (χ0n) is 9.91. The summed E-state index contributed by atoms with van der Waals surface area (Å²) in [4.78, 5) is 0. The first-order chi connectivity index (χ1) is 8.20. The number of rotatable bonds is 3. The van der Waals surface area contributed by atoms with Gasteiger partial charge in [0.1, 0.15) is 5.82 Å². The number of nitrogens with two attached hydrogens (primary N) is 1. The quantitative estimate of drug-likeness (QED) is 0.790. The standard InChI is InChI=1S/C15H16FN/c1-2-4-11-5-3-6-12(9-11)14-8-7-13(16)10-15(14)17/h3,5-10H,2,4,17H2,1H3. The third-order valence-electron chi connectivity index (χ3n) is 2.79.